The highest BCUT2D eigenvalue weighted by Gasteiger charge is 2.35. The summed E-state index contributed by atoms with van der Waals surface area (Å²) in [6.07, 6.45) is -3.16. The summed E-state index contributed by atoms with van der Waals surface area (Å²) >= 11 is 1.18. The summed E-state index contributed by atoms with van der Waals surface area (Å²) in [6, 6.07) is 3.51. The fourth-order valence-electron chi connectivity index (χ4n) is 1.73. The fraction of sp³-hybridized carbons (Fsp3) is 0.357. The van der Waals surface area contributed by atoms with E-state index in [0.717, 1.165) is 10.9 Å². The van der Waals surface area contributed by atoms with Crippen LogP contribution in [-0.4, -0.2) is 11.0 Å². The first-order valence-electron chi connectivity index (χ1n) is 6.33. The Labute approximate surface area is 123 Å². The second kappa shape index (κ2) is 6.11. The van der Waals surface area contributed by atoms with Crippen molar-refractivity contribution < 1.29 is 17.6 Å². The Morgan fingerprint density at radius 2 is 2.00 bits per heavy atom. The van der Waals surface area contributed by atoms with E-state index < -0.39 is 17.6 Å². The molecule has 21 heavy (non-hydrogen) atoms. The lowest BCUT2D eigenvalue weighted by atomic mass is 10.1. The molecular formula is C14H14F4N2S. The van der Waals surface area contributed by atoms with Crippen molar-refractivity contribution >= 4 is 11.3 Å². The Morgan fingerprint density at radius 1 is 1.29 bits per heavy atom. The molecule has 1 aromatic heterocycles. The molecule has 0 bridgehead atoms. The van der Waals surface area contributed by atoms with Crippen LogP contribution in [0.5, 0.6) is 0 Å². The molecule has 1 aromatic carbocycles. The van der Waals surface area contributed by atoms with Crippen LogP contribution in [0.2, 0.25) is 0 Å². The third-order valence-corrected chi connectivity index (χ3v) is 3.80. The van der Waals surface area contributed by atoms with Crippen molar-refractivity contribution in [3.63, 3.8) is 0 Å². The molecule has 0 aliphatic heterocycles. The number of thiazole rings is 1. The number of alkyl halides is 3. The second-order valence-electron chi connectivity index (χ2n) is 4.83. The molecule has 0 radical (unpaired) electrons. The Bertz CT molecular complexity index is 620. The monoisotopic (exact) mass is 318 g/mol. The molecule has 0 saturated heterocycles. The molecule has 2 rings (SSSR count). The summed E-state index contributed by atoms with van der Waals surface area (Å²) < 4.78 is 52.1. The van der Waals surface area contributed by atoms with E-state index in [1.165, 1.54) is 23.5 Å². The lowest BCUT2D eigenvalue weighted by Crippen LogP contribution is -2.21. The molecule has 0 atom stereocenters. The molecule has 7 heteroatoms. The zero-order valence-electron chi connectivity index (χ0n) is 11.5. The van der Waals surface area contributed by atoms with Crippen molar-refractivity contribution in [2.75, 3.05) is 0 Å². The number of nitrogens with zero attached hydrogens (tertiary/aromatic N) is 1. The van der Waals surface area contributed by atoms with Gasteiger partial charge in [-0.3, -0.25) is 0 Å². The van der Waals surface area contributed by atoms with E-state index in [1.807, 2.05) is 13.8 Å². The normalized spacial score (nSPS) is 12.1. The topological polar surface area (TPSA) is 24.9 Å². The summed E-state index contributed by atoms with van der Waals surface area (Å²) in [6.45, 7) is 4.51. The standard InChI is InChI=1S/C14H14F4N2S/c1-8(2)19-6-9-7-20-13(21-9)10-4-3-5-11(12(10)15)14(16,17)18/h3-5,7-8,19H,6H2,1-2H3. The maximum atomic E-state index is 14.0. The minimum atomic E-state index is -4.71. The quantitative estimate of drug-likeness (QED) is 0.842. The average Bonchev–Trinajstić information content (AvgIpc) is 2.83. The lowest BCUT2D eigenvalue weighted by Gasteiger charge is -2.09. The first-order chi connectivity index (χ1) is 9.79. The zero-order valence-corrected chi connectivity index (χ0v) is 12.3. The smallest absolute Gasteiger partial charge is 0.310 e. The predicted molar refractivity (Wildman–Crippen MR) is 74.5 cm³/mol. The Hall–Kier alpha value is -1.47. The Balaban J connectivity index is 2.31. The van der Waals surface area contributed by atoms with Crippen LogP contribution in [0.4, 0.5) is 17.6 Å². The summed E-state index contributed by atoms with van der Waals surface area (Å²) in [7, 11) is 0. The molecule has 0 aliphatic rings. The molecule has 114 valence electrons. The van der Waals surface area contributed by atoms with Crippen LogP contribution in [0.3, 0.4) is 0 Å². The molecule has 0 unspecified atom stereocenters. The highest BCUT2D eigenvalue weighted by molar-refractivity contribution is 7.15. The lowest BCUT2D eigenvalue weighted by molar-refractivity contribution is -0.139. The van der Waals surface area contributed by atoms with Crippen LogP contribution in [0, 0.1) is 5.82 Å². The van der Waals surface area contributed by atoms with Crippen LogP contribution in [0.1, 0.15) is 24.3 Å². The van der Waals surface area contributed by atoms with Crippen molar-refractivity contribution in [2.24, 2.45) is 0 Å². The fourth-order valence-corrected chi connectivity index (χ4v) is 2.62. The average molecular weight is 318 g/mol. The van der Waals surface area contributed by atoms with Crippen molar-refractivity contribution in [1.82, 2.24) is 10.3 Å². The summed E-state index contributed by atoms with van der Waals surface area (Å²) in [5.74, 6) is -1.28. The van der Waals surface area contributed by atoms with Crippen LogP contribution < -0.4 is 5.32 Å². The molecule has 0 aliphatic carbocycles. The largest absolute Gasteiger partial charge is 0.419 e. The van der Waals surface area contributed by atoms with Crippen molar-refractivity contribution in [3.8, 4) is 10.6 Å². The Kier molecular flexibility index (Phi) is 4.63. The van der Waals surface area contributed by atoms with Gasteiger partial charge in [0.2, 0.25) is 0 Å². The molecule has 2 nitrogen and oxygen atoms in total. The van der Waals surface area contributed by atoms with Crippen molar-refractivity contribution in [3.05, 3.63) is 40.7 Å². The van der Waals surface area contributed by atoms with E-state index in [-0.39, 0.29) is 16.6 Å². The van der Waals surface area contributed by atoms with Gasteiger partial charge in [0.15, 0.2) is 0 Å². The molecule has 0 spiro atoms. The van der Waals surface area contributed by atoms with E-state index in [1.54, 1.807) is 6.20 Å². The number of nitrogens with one attached hydrogen (secondary N) is 1. The van der Waals surface area contributed by atoms with E-state index >= 15 is 0 Å². The van der Waals surface area contributed by atoms with Gasteiger partial charge in [-0.15, -0.1) is 11.3 Å². The number of halogens is 4. The van der Waals surface area contributed by atoms with Gasteiger partial charge in [-0.25, -0.2) is 9.37 Å². The summed E-state index contributed by atoms with van der Waals surface area (Å²) in [4.78, 5) is 4.86. The van der Waals surface area contributed by atoms with Gasteiger partial charge in [-0.2, -0.15) is 13.2 Å². The number of benzene rings is 1. The van der Waals surface area contributed by atoms with Crippen molar-refractivity contribution in [2.45, 2.75) is 32.6 Å². The molecule has 1 N–H and O–H groups in total. The third kappa shape index (κ3) is 3.79. The van der Waals surface area contributed by atoms with Crippen LogP contribution in [0.25, 0.3) is 10.6 Å². The summed E-state index contributed by atoms with van der Waals surface area (Å²) in [5.41, 5.74) is -1.39. The predicted octanol–water partition coefficient (Wildman–Crippen LogP) is 4.47. The van der Waals surface area contributed by atoms with Crippen molar-refractivity contribution in [1.29, 1.82) is 0 Å². The van der Waals surface area contributed by atoms with Gasteiger partial charge < -0.3 is 5.32 Å². The number of aromatic nitrogens is 1. The van der Waals surface area contributed by atoms with Gasteiger partial charge in [-0.05, 0) is 12.1 Å². The van der Waals surface area contributed by atoms with E-state index in [4.69, 9.17) is 0 Å². The maximum Gasteiger partial charge on any atom is 0.419 e. The minimum absolute atomic E-state index is 0.120. The second-order valence-corrected chi connectivity index (χ2v) is 5.95. The van der Waals surface area contributed by atoms with E-state index in [0.29, 0.717) is 6.54 Å². The number of hydrogen-bond acceptors (Lipinski definition) is 3. The molecule has 1 heterocycles. The van der Waals surface area contributed by atoms with E-state index in [2.05, 4.69) is 10.3 Å². The number of hydrogen-bond donors (Lipinski definition) is 1. The molecule has 2 aromatic rings. The minimum Gasteiger partial charge on any atom is -0.310 e. The van der Waals surface area contributed by atoms with Gasteiger partial charge >= 0.3 is 6.18 Å². The highest BCUT2D eigenvalue weighted by atomic mass is 32.1. The SMILES string of the molecule is CC(C)NCc1cnc(-c2cccc(C(F)(F)F)c2F)s1. The Morgan fingerprint density at radius 3 is 2.62 bits per heavy atom. The van der Waals surface area contributed by atoms with Crippen LogP contribution >= 0.6 is 11.3 Å². The van der Waals surface area contributed by atoms with Gasteiger partial charge in [-0.1, -0.05) is 19.9 Å². The molecule has 0 saturated carbocycles. The van der Waals surface area contributed by atoms with Gasteiger partial charge in [0.05, 0.1) is 5.56 Å². The van der Waals surface area contributed by atoms with Gasteiger partial charge in [0.1, 0.15) is 10.8 Å². The van der Waals surface area contributed by atoms with Gasteiger partial charge in [0.25, 0.3) is 0 Å². The first kappa shape index (κ1) is 15.9. The third-order valence-electron chi connectivity index (χ3n) is 2.77. The maximum absolute atomic E-state index is 14.0. The van der Waals surface area contributed by atoms with Gasteiger partial charge in [0, 0.05) is 29.2 Å². The van der Waals surface area contributed by atoms with Crippen LogP contribution in [-0.2, 0) is 12.7 Å². The number of rotatable bonds is 4. The first-order valence-corrected chi connectivity index (χ1v) is 7.15. The molecular weight excluding hydrogens is 304 g/mol. The summed E-state index contributed by atoms with van der Waals surface area (Å²) in [5, 5.41) is 3.42. The zero-order chi connectivity index (χ0) is 15.6. The van der Waals surface area contributed by atoms with Crippen LogP contribution in [0.15, 0.2) is 24.4 Å². The molecule has 0 fully saturated rings. The highest BCUT2D eigenvalue weighted by Crippen LogP contribution is 2.36. The molecule has 0 amide bonds. The van der Waals surface area contributed by atoms with E-state index in [9.17, 15) is 17.6 Å².